The number of methoxy groups -OCH3 is 1. The quantitative estimate of drug-likeness (QED) is 0.448. The Morgan fingerprint density at radius 1 is 1.73 bits per heavy atom. The van der Waals surface area contributed by atoms with Crippen molar-refractivity contribution in [3.05, 3.63) is 19.3 Å². The Labute approximate surface area is 68.2 Å². The maximum Gasteiger partial charge on any atom is 0.161 e. The first-order valence-electron chi connectivity index (χ1n) is 3.74. The molecular formula is C9H15O2. The van der Waals surface area contributed by atoms with Gasteiger partial charge in [0.25, 0.3) is 0 Å². The van der Waals surface area contributed by atoms with Crippen LogP contribution in [0, 0.1) is 12.8 Å². The van der Waals surface area contributed by atoms with Crippen LogP contribution in [-0.2, 0) is 9.53 Å². The van der Waals surface area contributed by atoms with Crippen molar-refractivity contribution in [3.63, 3.8) is 0 Å². The van der Waals surface area contributed by atoms with E-state index in [1.807, 2.05) is 6.92 Å². The van der Waals surface area contributed by atoms with Crippen LogP contribution in [0.2, 0.25) is 0 Å². The lowest BCUT2D eigenvalue weighted by atomic mass is 10.0. The van der Waals surface area contributed by atoms with Gasteiger partial charge in [-0.05, 0) is 6.42 Å². The average molecular weight is 155 g/mol. The standard InChI is InChI=1S/C9H15O2/c1-4-5-8(2)9(10)6-7-11-3/h6-8H,1,4-5H2,2-3H3. The molecule has 0 heterocycles. The van der Waals surface area contributed by atoms with Crippen molar-refractivity contribution in [2.75, 3.05) is 7.11 Å². The van der Waals surface area contributed by atoms with Crippen molar-refractivity contribution in [1.82, 2.24) is 0 Å². The zero-order chi connectivity index (χ0) is 8.69. The largest absolute Gasteiger partial charge is 0.504 e. The number of ketones is 1. The third kappa shape index (κ3) is 4.59. The molecule has 11 heavy (non-hydrogen) atoms. The van der Waals surface area contributed by atoms with Gasteiger partial charge in [0.15, 0.2) is 5.78 Å². The zero-order valence-corrected chi connectivity index (χ0v) is 7.17. The fourth-order valence-electron chi connectivity index (χ4n) is 0.748. The Balaban J connectivity index is 3.72. The van der Waals surface area contributed by atoms with Gasteiger partial charge in [-0.25, -0.2) is 0 Å². The molecule has 0 saturated heterocycles. The summed E-state index contributed by atoms with van der Waals surface area (Å²) in [6, 6.07) is 0. The molecule has 0 aromatic heterocycles. The van der Waals surface area contributed by atoms with E-state index in [1.54, 1.807) is 0 Å². The number of ether oxygens (including phenoxy) is 1. The smallest absolute Gasteiger partial charge is 0.161 e. The Hall–Kier alpha value is -0.790. The molecule has 1 atom stereocenters. The van der Waals surface area contributed by atoms with Crippen LogP contribution < -0.4 is 0 Å². The van der Waals surface area contributed by atoms with Crippen molar-refractivity contribution in [3.8, 4) is 0 Å². The molecule has 2 heteroatoms. The second kappa shape index (κ2) is 5.96. The monoisotopic (exact) mass is 155 g/mol. The summed E-state index contributed by atoms with van der Waals surface area (Å²) in [6.07, 6.45) is 4.50. The molecule has 0 aliphatic rings. The summed E-state index contributed by atoms with van der Waals surface area (Å²) in [6.45, 7) is 5.58. The number of carbonyl (C=O) groups is 1. The van der Waals surface area contributed by atoms with Gasteiger partial charge in [0.1, 0.15) is 0 Å². The molecule has 0 fully saturated rings. The Bertz CT molecular complexity index is 138. The van der Waals surface area contributed by atoms with Crippen LogP contribution in [0.3, 0.4) is 0 Å². The number of hydrogen-bond donors (Lipinski definition) is 0. The van der Waals surface area contributed by atoms with Crippen molar-refractivity contribution in [2.45, 2.75) is 19.8 Å². The normalized spacial score (nSPS) is 13.4. The molecule has 0 saturated carbocycles. The highest BCUT2D eigenvalue weighted by atomic mass is 16.5. The van der Waals surface area contributed by atoms with Crippen LogP contribution in [0.1, 0.15) is 19.8 Å². The maximum atomic E-state index is 11.1. The highest BCUT2D eigenvalue weighted by molar-refractivity contribution is 5.91. The lowest BCUT2D eigenvalue weighted by Gasteiger charge is -2.03. The number of rotatable bonds is 5. The molecule has 0 aromatic carbocycles. The van der Waals surface area contributed by atoms with Crippen molar-refractivity contribution >= 4 is 5.78 Å². The lowest BCUT2D eigenvalue weighted by molar-refractivity contribution is -0.118. The average Bonchev–Trinajstić information content (AvgIpc) is 2.00. The van der Waals surface area contributed by atoms with Gasteiger partial charge in [0.05, 0.1) is 13.4 Å². The van der Waals surface area contributed by atoms with E-state index >= 15 is 0 Å². The summed E-state index contributed by atoms with van der Waals surface area (Å²) in [5.41, 5.74) is 0. The first-order valence-corrected chi connectivity index (χ1v) is 3.74. The summed E-state index contributed by atoms with van der Waals surface area (Å²) in [5.74, 6) is 0.175. The van der Waals surface area contributed by atoms with Crippen LogP contribution in [0.15, 0.2) is 12.3 Å². The van der Waals surface area contributed by atoms with E-state index in [1.165, 1.54) is 19.4 Å². The van der Waals surface area contributed by atoms with Gasteiger partial charge in [0, 0.05) is 12.0 Å². The molecule has 0 aliphatic carbocycles. The number of allylic oxidation sites excluding steroid dienone is 1. The minimum absolute atomic E-state index is 0.0684. The summed E-state index contributed by atoms with van der Waals surface area (Å²) in [7, 11) is 1.52. The second-order valence-electron chi connectivity index (χ2n) is 2.48. The van der Waals surface area contributed by atoms with Crippen molar-refractivity contribution < 1.29 is 9.53 Å². The fourth-order valence-corrected chi connectivity index (χ4v) is 0.748. The highest BCUT2D eigenvalue weighted by Crippen LogP contribution is 2.06. The summed E-state index contributed by atoms with van der Waals surface area (Å²) in [4.78, 5) is 11.1. The third-order valence-electron chi connectivity index (χ3n) is 1.49. The first kappa shape index (κ1) is 10.2. The Morgan fingerprint density at radius 2 is 2.36 bits per heavy atom. The summed E-state index contributed by atoms with van der Waals surface area (Å²) in [5, 5.41) is 0. The SMILES string of the molecule is [CH2]CCC(C)C(=O)C=COC. The van der Waals surface area contributed by atoms with Crippen LogP contribution in [-0.4, -0.2) is 12.9 Å². The molecule has 63 valence electrons. The van der Waals surface area contributed by atoms with Crippen LogP contribution >= 0.6 is 0 Å². The second-order valence-corrected chi connectivity index (χ2v) is 2.48. The van der Waals surface area contributed by atoms with E-state index < -0.39 is 0 Å². The first-order chi connectivity index (χ1) is 5.22. The van der Waals surface area contributed by atoms with E-state index in [-0.39, 0.29) is 11.7 Å². The van der Waals surface area contributed by atoms with E-state index in [4.69, 9.17) is 0 Å². The molecule has 2 nitrogen and oxygen atoms in total. The molecule has 1 radical (unpaired) electrons. The molecule has 0 rings (SSSR count). The summed E-state index contributed by atoms with van der Waals surface area (Å²) < 4.78 is 4.62. The van der Waals surface area contributed by atoms with Crippen molar-refractivity contribution in [1.29, 1.82) is 0 Å². The van der Waals surface area contributed by atoms with Gasteiger partial charge in [-0.1, -0.05) is 20.3 Å². The van der Waals surface area contributed by atoms with Crippen LogP contribution in [0.5, 0.6) is 0 Å². The van der Waals surface area contributed by atoms with Crippen molar-refractivity contribution in [2.24, 2.45) is 5.92 Å². The minimum Gasteiger partial charge on any atom is -0.504 e. The van der Waals surface area contributed by atoms with Gasteiger partial charge in [-0.15, -0.1) is 0 Å². The van der Waals surface area contributed by atoms with Gasteiger partial charge in [-0.2, -0.15) is 0 Å². The zero-order valence-electron chi connectivity index (χ0n) is 7.17. The predicted octanol–water partition coefficient (Wildman–Crippen LogP) is 1.97. The van der Waals surface area contributed by atoms with E-state index in [0.29, 0.717) is 0 Å². The summed E-state index contributed by atoms with van der Waals surface area (Å²) >= 11 is 0. The molecule has 0 aliphatic heterocycles. The molecule has 0 aromatic rings. The van der Waals surface area contributed by atoms with Gasteiger partial charge in [0.2, 0.25) is 0 Å². The molecule has 1 unspecified atom stereocenters. The Morgan fingerprint density at radius 3 is 2.82 bits per heavy atom. The molecule has 0 spiro atoms. The number of hydrogen-bond acceptors (Lipinski definition) is 2. The third-order valence-corrected chi connectivity index (χ3v) is 1.49. The lowest BCUT2D eigenvalue weighted by Crippen LogP contribution is -2.06. The predicted molar refractivity (Wildman–Crippen MR) is 44.9 cm³/mol. The van der Waals surface area contributed by atoms with Gasteiger partial charge in [-0.3, -0.25) is 4.79 Å². The molecule has 0 N–H and O–H groups in total. The van der Waals surface area contributed by atoms with E-state index in [0.717, 1.165) is 12.8 Å². The molecule has 0 amide bonds. The van der Waals surface area contributed by atoms with Crippen LogP contribution in [0.25, 0.3) is 0 Å². The molecule has 0 bridgehead atoms. The van der Waals surface area contributed by atoms with Gasteiger partial charge >= 0.3 is 0 Å². The fraction of sp³-hybridized carbons (Fsp3) is 0.556. The van der Waals surface area contributed by atoms with E-state index in [9.17, 15) is 4.79 Å². The van der Waals surface area contributed by atoms with Crippen LogP contribution in [0.4, 0.5) is 0 Å². The highest BCUT2D eigenvalue weighted by Gasteiger charge is 2.07. The minimum atomic E-state index is 0.0684. The maximum absolute atomic E-state index is 11.1. The Kier molecular flexibility index (Phi) is 5.53. The van der Waals surface area contributed by atoms with E-state index in [2.05, 4.69) is 11.7 Å². The van der Waals surface area contributed by atoms with Gasteiger partial charge < -0.3 is 4.74 Å². The molecular weight excluding hydrogens is 140 g/mol. The number of carbonyl (C=O) groups excluding carboxylic acids is 1. The topological polar surface area (TPSA) is 26.3 Å².